The molecule has 0 unspecified atom stereocenters. The number of hydrogen-bond donors (Lipinski definition) is 4. The molecule has 0 aliphatic carbocycles. The van der Waals surface area contributed by atoms with E-state index in [1.165, 1.54) is 0 Å². The van der Waals surface area contributed by atoms with Gasteiger partial charge in [0.05, 0.1) is 0 Å². The van der Waals surface area contributed by atoms with Crippen molar-refractivity contribution in [2.24, 2.45) is 5.73 Å². The van der Waals surface area contributed by atoms with Crippen molar-refractivity contribution in [1.29, 1.82) is 5.41 Å². The highest BCUT2D eigenvalue weighted by molar-refractivity contribution is 7.96. The Kier molecular flexibility index (Phi) is 5.30. The third-order valence-corrected chi connectivity index (χ3v) is 0.877. The highest BCUT2D eigenvalue weighted by atomic mass is 32.2. The summed E-state index contributed by atoms with van der Waals surface area (Å²) < 4.78 is 57.5. The van der Waals surface area contributed by atoms with E-state index in [1.807, 2.05) is 0 Å². The van der Waals surface area contributed by atoms with Crippen LogP contribution in [0.1, 0.15) is 0 Å². The highest BCUT2D eigenvalue weighted by Gasteiger charge is 2.44. The van der Waals surface area contributed by atoms with Crippen LogP contribution in [-0.4, -0.2) is 23.6 Å². The Labute approximate surface area is 71.4 Å². The van der Waals surface area contributed by atoms with Crippen LogP contribution in [0.25, 0.3) is 0 Å². The van der Waals surface area contributed by atoms with Crippen LogP contribution in [-0.2, 0) is 10.1 Å². The van der Waals surface area contributed by atoms with Gasteiger partial charge >= 0.3 is 15.6 Å². The Morgan fingerprint density at radius 2 is 1.58 bits per heavy atom. The minimum Gasteiger partial charge on any atom is -0.379 e. The van der Waals surface area contributed by atoms with E-state index in [9.17, 15) is 13.2 Å². The van der Waals surface area contributed by atoms with Crippen molar-refractivity contribution < 1.29 is 26.1 Å². The third kappa shape index (κ3) is 9.52. The normalized spacial score (nSPS) is 11.4. The van der Waals surface area contributed by atoms with Gasteiger partial charge in [-0.2, -0.15) is 21.6 Å². The van der Waals surface area contributed by atoms with Gasteiger partial charge in [-0.05, 0) is 0 Å². The first kappa shape index (κ1) is 14.1. The van der Waals surface area contributed by atoms with E-state index in [0.29, 0.717) is 0 Å². The van der Waals surface area contributed by atoms with Crippen LogP contribution in [0.3, 0.4) is 0 Å². The maximum Gasteiger partial charge on any atom is 0.522 e. The maximum absolute atomic E-state index is 10.7. The van der Waals surface area contributed by atoms with Gasteiger partial charge in [-0.15, -0.1) is 12.6 Å². The summed E-state index contributed by atoms with van der Waals surface area (Å²) in [6, 6.07) is 0. The summed E-state index contributed by atoms with van der Waals surface area (Å²) in [6.45, 7) is 0. The molecule has 5 nitrogen and oxygen atoms in total. The molecule has 0 aromatic heterocycles. The van der Waals surface area contributed by atoms with Crippen molar-refractivity contribution in [3.8, 4) is 0 Å². The Morgan fingerprint density at radius 3 is 1.58 bits per heavy atom. The lowest BCUT2D eigenvalue weighted by atomic mass is 11.4. The van der Waals surface area contributed by atoms with Crippen LogP contribution in [0.2, 0.25) is 0 Å². The summed E-state index contributed by atoms with van der Waals surface area (Å²) in [5.74, 6) is 0. The predicted molar refractivity (Wildman–Crippen MR) is 38.5 cm³/mol. The molecule has 0 rings (SSSR count). The molecule has 0 saturated heterocycles. The molecule has 0 atom stereocenters. The predicted octanol–water partition coefficient (Wildman–Crippen LogP) is 0.204. The van der Waals surface area contributed by atoms with Crippen molar-refractivity contribution in [1.82, 2.24) is 0 Å². The van der Waals surface area contributed by atoms with Crippen molar-refractivity contribution >= 4 is 27.9 Å². The van der Waals surface area contributed by atoms with Crippen molar-refractivity contribution in [3.05, 3.63) is 0 Å². The zero-order valence-corrected chi connectivity index (χ0v) is 7.04. The van der Waals surface area contributed by atoms with E-state index in [-0.39, 0.29) is 5.17 Å². The molecule has 0 aliphatic heterocycles. The molecule has 0 spiro atoms. The lowest BCUT2D eigenvalue weighted by Crippen LogP contribution is -2.21. The third-order valence-electron chi connectivity index (χ3n) is 0.292. The van der Waals surface area contributed by atoms with E-state index < -0.39 is 15.6 Å². The molecule has 0 aliphatic rings. The molecule has 0 saturated carbocycles. The zero-order chi connectivity index (χ0) is 10.6. The van der Waals surface area contributed by atoms with E-state index in [1.54, 1.807) is 0 Å². The van der Waals surface area contributed by atoms with Crippen LogP contribution >= 0.6 is 12.6 Å². The van der Waals surface area contributed by atoms with E-state index in [4.69, 9.17) is 18.4 Å². The molecule has 0 bridgehead atoms. The Morgan fingerprint density at radius 1 is 1.50 bits per heavy atom. The smallest absolute Gasteiger partial charge is 0.379 e. The van der Waals surface area contributed by atoms with Gasteiger partial charge in [0.25, 0.3) is 0 Å². The first-order valence-corrected chi connectivity index (χ1v) is 3.94. The van der Waals surface area contributed by atoms with E-state index >= 15 is 0 Å². The van der Waals surface area contributed by atoms with Gasteiger partial charge in [0.1, 0.15) is 5.17 Å². The standard InChI is InChI=1S/CHF3O3S.CH4N2S/c2-1(3,4)8(5,6)7;2-1(3)4/h(H,5,6,7);(H4,2,3,4). The fraction of sp³-hybridized carbons (Fsp3) is 0.500. The topological polar surface area (TPSA) is 104 Å². The number of nitrogens with two attached hydrogens (primary N) is 1. The zero-order valence-electron chi connectivity index (χ0n) is 5.33. The average molecular weight is 226 g/mol. The van der Waals surface area contributed by atoms with Crippen LogP contribution in [0, 0.1) is 5.41 Å². The molecule has 12 heavy (non-hydrogen) atoms. The largest absolute Gasteiger partial charge is 0.522 e. The van der Waals surface area contributed by atoms with Gasteiger partial charge in [0.15, 0.2) is 0 Å². The molecule has 0 heterocycles. The fourth-order valence-corrected chi connectivity index (χ4v) is 0. The van der Waals surface area contributed by atoms with Crippen molar-refractivity contribution in [2.45, 2.75) is 5.51 Å². The van der Waals surface area contributed by atoms with Gasteiger partial charge in [0.2, 0.25) is 0 Å². The average Bonchev–Trinajstić information content (AvgIpc) is 1.55. The summed E-state index contributed by atoms with van der Waals surface area (Å²) in [5, 5.41) is 6.00. The van der Waals surface area contributed by atoms with Crippen LogP contribution in [0.15, 0.2) is 0 Å². The minimum absolute atomic E-state index is 0.139. The second-order valence-corrected chi connectivity index (χ2v) is 3.20. The highest BCUT2D eigenvalue weighted by Crippen LogP contribution is 2.20. The van der Waals surface area contributed by atoms with Gasteiger partial charge < -0.3 is 5.73 Å². The van der Waals surface area contributed by atoms with Crippen LogP contribution in [0.5, 0.6) is 0 Å². The lowest BCUT2D eigenvalue weighted by molar-refractivity contribution is -0.0510. The number of hydrogen-bond acceptors (Lipinski definition) is 3. The molecule has 0 aromatic carbocycles. The number of nitrogens with one attached hydrogen (secondary N) is 1. The number of halogens is 3. The van der Waals surface area contributed by atoms with Crippen molar-refractivity contribution in [3.63, 3.8) is 0 Å². The second kappa shape index (κ2) is 4.52. The van der Waals surface area contributed by atoms with Gasteiger partial charge in [-0.3, -0.25) is 9.96 Å². The van der Waals surface area contributed by atoms with Gasteiger partial charge in [0, 0.05) is 0 Å². The van der Waals surface area contributed by atoms with Gasteiger partial charge in [-0.1, -0.05) is 0 Å². The molecular weight excluding hydrogens is 221 g/mol. The number of thiol groups is 1. The maximum atomic E-state index is 10.7. The summed E-state index contributed by atoms with van der Waals surface area (Å²) >= 11 is 3.33. The summed E-state index contributed by atoms with van der Waals surface area (Å²) in [7, 11) is -5.84. The minimum atomic E-state index is -5.84. The SMILES string of the molecule is N=C(N)S.O=S(=O)(O)C(F)(F)F. The molecule has 0 aromatic rings. The Bertz CT molecular complexity index is 241. The molecule has 10 heteroatoms. The first-order valence-electron chi connectivity index (χ1n) is 2.05. The number of rotatable bonds is 0. The molecule has 4 N–H and O–H groups in total. The Balaban J connectivity index is 0. The number of amidine groups is 1. The molecular formula is C2H5F3N2O3S2. The molecule has 0 fully saturated rings. The lowest BCUT2D eigenvalue weighted by Gasteiger charge is -1.97. The Hall–Kier alpha value is -0.480. The van der Waals surface area contributed by atoms with E-state index in [0.717, 1.165) is 0 Å². The quantitative estimate of drug-likeness (QED) is 0.156. The summed E-state index contributed by atoms with van der Waals surface area (Å²) in [5.41, 5.74) is -0.976. The molecule has 0 radical (unpaired) electrons. The molecule has 0 amide bonds. The molecule has 74 valence electrons. The number of alkyl halides is 3. The monoisotopic (exact) mass is 226 g/mol. The first-order chi connectivity index (χ1) is 4.98. The van der Waals surface area contributed by atoms with Crippen molar-refractivity contribution in [2.75, 3.05) is 0 Å². The summed E-state index contributed by atoms with van der Waals surface area (Å²) in [6.07, 6.45) is 0. The summed E-state index contributed by atoms with van der Waals surface area (Å²) in [4.78, 5) is 0. The van der Waals surface area contributed by atoms with E-state index in [2.05, 4.69) is 18.4 Å². The van der Waals surface area contributed by atoms with Crippen LogP contribution in [0.4, 0.5) is 13.2 Å². The second-order valence-electron chi connectivity index (χ2n) is 1.31. The fourth-order valence-electron chi connectivity index (χ4n) is 0. The van der Waals surface area contributed by atoms with Gasteiger partial charge in [-0.25, -0.2) is 0 Å². The van der Waals surface area contributed by atoms with Crippen LogP contribution < -0.4 is 5.73 Å².